The summed E-state index contributed by atoms with van der Waals surface area (Å²) in [6.45, 7) is 9.95. The number of anilines is 3. The zero-order chi connectivity index (χ0) is 29.9. The van der Waals surface area contributed by atoms with Crippen LogP contribution in [0.5, 0.6) is 0 Å². The first-order chi connectivity index (χ1) is 20.1. The third kappa shape index (κ3) is 6.79. The lowest BCUT2D eigenvalue weighted by molar-refractivity contribution is 0.0302. The van der Waals surface area contributed by atoms with Gasteiger partial charge >= 0.3 is 0 Å². The van der Waals surface area contributed by atoms with Crippen molar-refractivity contribution >= 4 is 29.1 Å². The van der Waals surface area contributed by atoms with E-state index >= 15 is 0 Å². The Morgan fingerprint density at radius 3 is 2.38 bits per heavy atom. The number of morpholine rings is 1. The van der Waals surface area contributed by atoms with Crippen molar-refractivity contribution in [2.24, 2.45) is 7.05 Å². The number of nitrogens with zero attached hydrogens (tertiary/aromatic N) is 5. The smallest absolute Gasteiger partial charge is 0.290 e. The molecular formula is C31H39N7O4. The number of aromatic nitrogens is 3. The topological polar surface area (TPSA) is 122 Å². The Labute approximate surface area is 245 Å². The number of aryl methyl sites for hydroxylation is 1. The first-order valence-electron chi connectivity index (χ1n) is 14.4. The molecule has 5 rings (SSSR count). The van der Waals surface area contributed by atoms with Gasteiger partial charge in [-0.3, -0.25) is 14.4 Å². The first kappa shape index (κ1) is 29.2. The number of nitrogens with one attached hydrogen (secondary N) is 2. The quantitative estimate of drug-likeness (QED) is 0.462. The summed E-state index contributed by atoms with van der Waals surface area (Å²) in [7, 11) is 1.61. The summed E-state index contributed by atoms with van der Waals surface area (Å²) in [6, 6.07) is 12.8. The van der Waals surface area contributed by atoms with E-state index in [1.807, 2.05) is 24.3 Å². The number of pyridine rings is 1. The molecule has 2 aromatic heterocycles. The van der Waals surface area contributed by atoms with Crippen LogP contribution in [0.25, 0.3) is 0 Å². The van der Waals surface area contributed by atoms with Crippen LogP contribution >= 0.6 is 0 Å². The van der Waals surface area contributed by atoms with Crippen LogP contribution in [0.3, 0.4) is 0 Å². The van der Waals surface area contributed by atoms with E-state index < -0.39 is 0 Å². The van der Waals surface area contributed by atoms with Gasteiger partial charge in [0.15, 0.2) is 5.82 Å². The van der Waals surface area contributed by atoms with Crippen molar-refractivity contribution in [3.8, 4) is 0 Å². The molecule has 2 saturated heterocycles. The second-order valence-corrected chi connectivity index (χ2v) is 11.9. The highest BCUT2D eigenvalue weighted by molar-refractivity contribution is 5.95. The molecule has 2 aliphatic rings. The summed E-state index contributed by atoms with van der Waals surface area (Å²) in [6.07, 6.45) is 3.25. The predicted molar refractivity (Wildman–Crippen MR) is 162 cm³/mol. The molecule has 0 aliphatic carbocycles. The van der Waals surface area contributed by atoms with Crippen molar-refractivity contribution in [3.63, 3.8) is 0 Å². The summed E-state index contributed by atoms with van der Waals surface area (Å²) in [5.41, 5.74) is 2.36. The molecule has 2 aliphatic heterocycles. The maximum atomic E-state index is 13.0. The highest BCUT2D eigenvalue weighted by Gasteiger charge is 2.25. The summed E-state index contributed by atoms with van der Waals surface area (Å²) < 4.78 is 6.62. The number of rotatable bonds is 6. The Morgan fingerprint density at radius 1 is 1.00 bits per heavy atom. The van der Waals surface area contributed by atoms with Gasteiger partial charge in [-0.15, -0.1) is 0 Å². The molecule has 1 atom stereocenters. The van der Waals surface area contributed by atoms with Crippen molar-refractivity contribution in [2.45, 2.75) is 45.1 Å². The van der Waals surface area contributed by atoms with Crippen LogP contribution in [0.2, 0.25) is 0 Å². The normalized spacial score (nSPS) is 17.6. The fourth-order valence-corrected chi connectivity index (χ4v) is 5.21. The number of benzene rings is 1. The number of amides is 2. The summed E-state index contributed by atoms with van der Waals surface area (Å²) in [5, 5.41) is 10.8. The van der Waals surface area contributed by atoms with Crippen molar-refractivity contribution in [3.05, 3.63) is 75.7 Å². The molecule has 0 spiro atoms. The standard InChI is InChI=1S/C31H39N7O4/c1-31(2,3)23-10-7-21(8-11-23)28(39)33-24-6-5-13-38(20-24)27-18-25(30(41)36(4)35-27)34-26-12-9-22(19-32-26)29(40)37-14-16-42-17-15-37/h7-12,18-19,24H,5-6,13-17,20H2,1-4H3,(H,32,34)(H,33,39). The van der Waals surface area contributed by atoms with Gasteiger partial charge in [0.05, 0.1) is 18.8 Å². The van der Waals surface area contributed by atoms with Crippen molar-refractivity contribution < 1.29 is 14.3 Å². The van der Waals surface area contributed by atoms with Gasteiger partial charge < -0.3 is 25.2 Å². The molecule has 1 aromatic carbocycles. The van der Waals surface area contributed by atoms with Crippen LogP contribution in [0, 0.1) is 0 Å². The number of piperidine rings is 1. The number of carbonyl (C=O) groups excluding carboxylic acids is 2. The zero-order valence-corrected chi connectivity index (χ0v) is 24.7. The molecule has 0 bridgehead atoms. The molecule has 11 heteroatoms. The molecule has 2 N–H and O–H groups in total. The molecule has 42 heavy (non-hydrogen) atoms. The van der Waals surface area contributed by atoms with E-state index in [1.165, 1.54) is 16.4 Å². The van der Waals surface area contributed by atoms with Gasteiger partial charge in [0, 0.05) is 57.1 Å². The maximum absolute atomic E-state index is 13.0. The van der Waals surface area contributed by atoms with Gasteiger partial charge in [0.25, 0.3) is 17.4 Å². The van der Waals surface area contributed by atoms with Crippen LogP contribution in [0.4, 0.5) is 17.3 Å². The van der Waals surface area contributed by atoms with Crippen LogP contribution in [0.15, 0.2) is 53.5 Å². The van der Waals surface area contributed by atoms with Crippen molar-refractivity contribution in [1.82, 2.24) is 25.0 Å². The average molecular weight is 574 g/mol. The Balaban J connectivity index is 1.25. The van der Waals surface area contributed by atoms with Gasteiger partial charge in [0.1, 0.15) is 11.5 Å². The number of carbonyl (C=O) groups is 2. The third-order valence-corrected chi connectivity index (χ3v) is 7.72. The molecule has 4 heterocycles. The minimum Gasteiger partial charge on any atom is -0.378 e. The molecule has 0 saturated carbocycles. The van der Waals surface area contributed by atoms with Crippen molar-refractivity contribution in [1.29, 1.82) is 0 Å². The number of ether oxygens (including phenoxy) is 1. The van der Waals surface area contributed by atoms with Gasteiger partial charge in [-0.25, -0.2) is 9.67 Å². The lowest BCUT2D eigenvalue weighted by Gasteiger charge is -2.34. The van der Waals surface area contributed by atoms with Crippen molar-refractivity contribution in [2.75, 3.05) is 49.6 Å². The highest BCUT2D eigenvalue weighted by atomic mass is 16.5. The maximum Gasteiger partial charge on any atom is 0.290 e. The average Bonchev–Trinajstić information content (AvgIpc) is 2.99. The van der Waals surface area contributed by atoms with Gasteiger partial charge in [-0.05, 0) is 48.1 Å². The fourth-order valence-electron chi connectivity index (χ4n) is 5.21. The molecule has 11 nitrogen and oxygen atoms in total. The molecule has 1 unspecified atom stereocenters. The predicted octanol–water partition coefficient (Wildman–Crippen LogP) is 3.09. The minimum absolute atomic E-state index is 0.0248. The second-order valence-electron chi connectivity index (χ2n) is 11.9. The molecule has 0 radical (unpaired) electrons. The second kappa shape index (κ2) is 12.3. The molecular weight excluding hydrogens is 534 g/mol. The summed E-state index contributed by atoms with van der Waals surface area (Å²) in [4.78, 5) is 46.8. The van der Waals surface area contributed by atoms with Crippen LogP contribution in [0.1, 0.15) is 59.9 Å². The van der Waals surface area contributed by atoms with Crippen LogP contribution in [-0.2, 0) is 17.2 Å². The Bertz CT molecular complexity index is 1470. The molecule has 2 fully saturated rings. The van der Waals surface area contributed by atoms with Gasteiger partial charge in [-0.1, -0.05) is 32.9 Å². The Hall–Kier alpha value is -4.25. The van der Waals surface area contributed by atoms with E-state index in [1.54, 1.807) is 30.1 Å². The number of hydrogen-bond acceptors (Lipinski definition) is 8. The molecule has 222 valence electrons. The minimum atomic E-state index is -0.297. The SMILES string of the molecule is Cn1nc(N2CCCC(NC(=O)c3ccc(C(C)(C)C)cc3)C2)cc(Nc2ccc(C(=O)N3CCOCC3)cn2)c1=O. The Morgan fingerprint density at radius 2 is 1.71 bits per heavy atom. The third-order valence-electron chi connectivity index (χ3n) is 7.72. The largest absolute Gasteiger partial charge is 0.378 e. The monoisotopic (exact) mass is 573 g/mol. The van der Waals surface area contributed by atoms with Crippen LogP contribution in [-0.4, -0.2) is 76.9 Å². The molecule has 3 aromatic rings. The zero-order valence-electron chi connectivity index (χ0n) is 24.7. The van der Waals surface area contributed by atoms with E-state index in [-0.39, 0.29) is 28.8 Å². The summed E-state index contributed by atoms with van der Waals surface area (Å²) in [5.74, 6) is 0.893. The van der Waals surface area contributed by atoms with Gasteiger partial charge in [-0.2, -0.15) is 5.10 Å². The fraction of sp³-hybridized carbons (Fsp3) is 0.452. The summed E-state index contributed by atoms with van der Waals surface area (Å²) >= 11 is 0. The first-order valence-corrected chi connectivity index (χ1v) is 14.4. The lowest BCUT2D eigenvalue weighted by Crippen LogP contribution is -2.48. The Kier molecular flexibility index (Phi) is 8.58. The highest BCUT2D eigenvalue weighted by Crippen LogP contribution is 2.23. The van der Waals surface area contributed by atoms with E-state index in [0.29, 0.717) is 61.3 Å². The number of hydrogen-bond donors (Lipinski definition) is 2. The van der Waals surface area contributed by atoms with E-state index in [2.05, 4.69) is 46.4 Å². The van der Waals surface area contributed by atoms with E-state index in [0.717, 1.165) is 19.4 Å². The lowest BCUT2D eigenvalue weighted by atomic mass is 9.86. The van der Waals surface area contributed by atoms with Gasteiger partial charge in [0.2, 0.25) is 0 Å². The molecule has 2 amide bonds. The van der Waals surface area contributed by atoms with E-state index in [9.17, 15) is 14.4 Å². The van der Waals surface area contributed by atoms with E-state index in [4.69, 9.17) is 4.74 Å². The van der Waals surface area contributed by atoms with Crippen LogP contribution < -0.4 is 21.1 Å².